The van der Waals surface area contributed by atoms with Crippen LogP contribution in [0.25, 0.3) is 0 Å². The van der Waals surface area contributed by atoms with Crippen molar-refractivity contribution < 1.29 is 0 Å². The van der Waals surface area contributed by atoms with E-state index in [1.54, 1.807) is 0 Å². The smallest absolute Gasteiger partial charge is 0.177 e. The maximum Gasteiger partial charge on any atom is 0.179 e. The van der Waals surface area contributed by atoms with Gasteiger partial charge in [0.05, 0.1) is 0 Å². The Bertz CT molecular complexity index is 236. The zero-order valence-corrected chi connectivity index (χ0v) is 7.46. The van der Waals surface area contributed by atoms with Crippen LogP contribution in [0.3, 0.4) is 0 Å². The minimum atomic E-state index is 0.191. The topological polar surface area (TPSA) is 54.5 Å². The normalized spacial score (nSPS) is 30.4. The van der Waals surface area contributed by atoms with Crippen LogP contribution in [-0.4, -0.2) is 26.0 Å². The lowest BCUT2D eigenvalue weighted by molar-refractivity contribution is 0.436. The molecular weight excluding hydrogens is 176 g/mol. The average molecular weight is 187 g/mol. The second-order valence-corrected chi connectivity index (χ2v) is 3.74. The summed E-state index contributed by atoms with van der Waals surface area (Å²) in [6, 6.07) is 0. The van der Waals surface area contributed by atoms with Gasteiger partial charge in [0.1, 0.15) is 0 Å². The predicted octanol–water partition coefficient (Wildman–Crippen LogP) is 1.46. The van der Waals surface area contributed by atoms with Crippen LogP contribution in [0, 0.1) is 0 Å². The third-order valence-corrected chi connectivity index (χ3v) is 2.90. The van der Waals surface area contributed by atoms with Gasteiger partial charge >= 0.3 is 0 Å². The number of halogens is 1. The van der Waals surface area contributed by atoms with Crippen LogP contribution < -0.4 is 0 Å². The second kappa shape index (κ2) is 3.39. The van der Waals surface area contributed by atoms with Crippen LogP contribution in [0.5, 0.6) is 0 Å². The van der Waals surface area contributed by atoms with Gasteiger partial charge in [0.2, 0.25) is 0 Å². The number of aromatic amines is 1. The SMILES string of the molecule is ClC1CCCCC1c1nn[nH]n1. The summed E-state index contributed by atoms with van der Waals surface area (Å²) >= 11 is 6.15. The van der Waals surface area contributed by atoms with Crippen LogP contribution in [0.2, 0.25) is 0 Å². The van der Waals surface area contributed by atoms with Crippen molar-refractivity contribution in [3.05, 3.63) is 5.82 Å². The summed E-state index contributed by atoms with van der Waals surface area (Å²) in [5.74, 6) is 1.08. The molecule has 1 aliphatic rings. The lowest BCUT2D eigenvalue weighted by Crippen LogP contribution is -2.18. The second-order valence-electron chi connectivity index (χ2n) is 3.18. The minimum Gasteiger partial charge on any atom is -0.177 e. The van der Waals surface area contributed by atoms with Gasteiger partial charge in [0.15, 0.2) is 5.82 Å². The van der Waals surface area contributed by atoms with E-state index in [9.17, 15) is 0 Å². The van der Waals surface area contributed by atoms with Gasteiger partial charge in [0, 0.05) is 11.3 Å². The monoisotopic (exact) mass is 186 g/mol. The fourth-order valence-corrected chi connectivity index (χ4v) is 2.10. The first-order valence-electron chi connectivity index (χ1n) is 4.25. The highest BCUT2D eigenvalue weighted by Gasteiger charge is 2.27. The third kappa shape index (κ3) is 1.43. The van der Waals surface area contributed by atoms with E-state index in [4.69, 9.17) is 11.6 Å². The van der Waals surface area contributed by atoms with Gasteiger partial charge in [-0.1, -0.05) is 18.1 Å². The van der Waals surface area contributed by atoms with Crippen molar-refractivity contribution in [1.82, 2.24) is 20.6 Å². The van der Waals surface area contributed by atoms with E-state index < -0.39 is 0 Å². The molecule has 0 aliphatic heterocycles. The molecule has 1 aromatic heterocycles. The highest BCUT2D eigenvalue weighted by atomic mass is 35.5. The Balaban J connectivity index is 2.11. The molecule has 1 fully saturated rings. The van der Waals surface area contributed by atoms with Crippen molar-refractivity contribution in [1.29, 1.82) is 0 Å². The Morgan fingerprint density at radius 1 is 1.33 bits per heavy atom. The fourth-order valence-electron chi connectivity index (χ4n) is 1.70. The minimum absolute atomic E-state index is 0.191. The van der Waals surface area contributed by atoms with E-state index in [0.717, 1.165) is 18.7 Å². The number of alkyl halides is 1. The molecule has 2 rings (SSSR count). The lowest BCUT2D eigenvalue weighted by atomic mass is 9.88. The molecule has 1 saturated carbocycles. The molecule has 0 aromatic carbocycles. The fraction of sp³-hybridized carbons (Fsp3) is 0.857. The van der Waals surface area contributed by atoms with Crippen LogP contribution in [-0.2, 0) is 0 Å². The first-order valence-corrected chi connectivity index (χ1v) is 4.69. The number of hydrogen-bond acceptors (Lipinski definition) is 3. The molecular formula is C7H11ClN4. The molecule has 5 heteroatoms. The van der Waals surface area contributed by atoms with E-state index in [-0.39, 0.29) is 5.38 Å². The summed E-state index contributed by atoms with van der Waals surface area (Å²) in [4.78, 5) is 0. The van der Waals surface area contributed by atoms with E-state index in [1.165, 1.54) is 12.8 Å². The van der Waals surface area contributed by atoms with Crippen molar-refractivity contribution in [2.24, 2.45) is 0 Å². The molecule has 0 amide bonds. The third-order valence-electron chi connectivity index (χ3n) is 2.37. The average Bonchev–Trinajstić information content (AvgIpc) is 2.57. The van der Waals surface area contributed by atoms with Gasteiger partial charge in [-0.05, 0) is 12.8 Å². The number of nitrogens with one attached hydrogen (secondary N) is 1. The van der Waals surface area contributed by atoms with E-state index in [2.05, 4.69) is 20.6 Å². The van der Waals surface area contributed by atoms with Gasteiger partial charge in [-0.3, -0.25) is 0 Å². The molecule has 0 spiro atoms. The Hall–Kier alpha value is -0.640. The van der Waals surface area contributed by atoms with Gasteiger partial charge in [-0.15, -0.1) is 21.8 Å². The first-order chi connectivity index (χ1) is 5.88. The molecule has 0 bridgehead atoms. The van der Waals surface area contributed by atoms with Crippen LogP contribution in [0.1, 0.15) is 37.4 Å². The van der Waals surface area contributed by atoms with Crippen molar-refractivity contribution in [3.8, 4) is 0 Å². The summed E-state index contributed by atoms with van der Waals surface area (Å²) in [6.45, 7) is 0. The Kier molecular flexibility index (Phi) is 2.26. The van der Waals surface area contributed by atoms with Crippen molar-refractivity contribution in [3.63, 3.8) is 0 Å². The van der Waals surface area contributed by atoms with Crippen molar-refractivity contribution in [2.45, 2.75) is 37.0 Å². The predicted molar refractivity (Wildman–Crippen MR) is 45.0 cm³/mol. The number of tetrazole rings is 1. The van der Waals surface area contributed by atoms with Gasteiger partial charge in [-0.2, -0.15) is 5.21 Å². The highest BCUT2D eigenvalue weighted by Crippen LogP contribution is 2.34. The summed E-state index contributed by atoms with van der Waals surface area (Å²) in [5.41, 5.74) is 0. The molecule has 4 nitrogen and oxygen atoms in total. The highest BCUT2D eigenvalue weighted by molar-refractivity contribution is 6.21. The number of hydrogen-bond donors (Lipinski definition) is 1. The molecule has 2 atom stereocenters. The zero-order valence-electron chi connectivity index (χ0n) is 6.70. The van der Waals surface area contributed by atoms with Crippen molar-refractivity contribution in [2.75, 3.05) is 0 Å². The summed E-state index contributed by atoms with van der Waals surface area (Å²) < 4.78 is 0. The number of nitrogens with zero attached hydrogens (tertiary/aromatic N) is 3. The Labute approximate surface area is 75.7 Å². The van der Waals surface area contributed by atoms with Gasteiger partial charge in [0.25, 0.3) is 0 Å². The molecule has 1 aromatic rings. The lowest BCUT2D eigenvalue weighted by Gasteiger charge is -2.23. The number of H-pyrrole nitrogens is 1. The van der Waals surface area contributed by atoms with Crippen LogP contribution >= 0.6 is 11.6 Å². The van der Waals surface area contributed by atoms with Gasteiger partial charge in [-0.25, -0.2) is 0 Å². The molecule has 1 heterocycles. The Morgan fingerprint density at radius 3 is 2.83 bits per heavy atom. The summed E-state index contributed by atoms with van der Waals surface area (Å²) in [5, 5.41) is 14.1. The van der Waals surface area contributed by atoms with Crippen LogP contribution in [0.15, 0.2) is 0 Å². The summed E-state index contributed by atoms with van der Waals surface area (Å²) in [6.07, 6.45) is 4.61. The molecule has 0 saturated heterocycles. The Morgan fingerprint density at radius 2 is 2.17 bits per heavy atom. The molecule has 0 radical (unpaired) electrons. The van der Waals surface area contributed by atoms with Gasteiger partial charge < -0.3 is 0 Å². The molecule has 66 valence electrons. The quantitative estimate of drug-likeness (QED) is 0.676. The van der Waals surface area contributed by atoms with Crippen molar-refractivity contribution >= 4 is 11.6 Å². The maximum atomic E-state index is 6.15. The van der Waals surface area contributed by atoms with E-state index >= 15 is 0 Å². The van der Waals surface area contributed by atoms with E-state index in [1.807, 2.05) is 0 Å². The molecule has 1 N–H and O–H groups in total. The molecule has 12 heavy (non-hydrogen) atoms. The zero-order chi connectivity index (χ0) is 8.39. The molecule has 2 unspecified atom stereocenters. The summed E-state index contributed by atoms with van der Waals surface area (Å²) in [7, 11) is 0. The number of aromatic nitrogens is 4. The van der Waals surface area contributed by atoms with E-state index in [0.29, 0.717) is 5.92 Å². The standard InChI is InChI=1S/C7H11ClN4/c8-6-4-2-1-3-5(6)7-9-11-12-10-7/h5-6H,1-4H2,(H,9,10,11,12). The largest absolute Gasteiger partial charge is 0.179 e. The molecule has 1 aliphatic carbocycles. The maximum absolute atomic E-state index is 6.15. The number of rotatable bonds is 1. The first kappa shape index (κ1) is 7.98. The van der Waals surface area contributed by atoms with Crippen LogP contribution in [0.4, 0.5) is 0 Å².